The molecule has 144 valence electrons. The maximum Gasteiger partial charge on any atom is 0.239 e. The molecule has 2 N–H and O–H groups in total. The summed E-state index contributed by atoms with van der Waals surface area (Å²) in [4.78, 5) is 14.5. The van der Waals surface area contributed by atoms with Gasteiger partial charge in [-0.15, -0.1) is 0 Å². The molecular weight excluding hydrogens is 332 g/mol. The van der Waals surface area contributed by atoms with E-state index in [4.69, 9.17) is 9.47 Å². The molecule has 1 aromatic rings. The zero-order valence-electron chi connectivity index (χ0n) is 16.2. The van der Waals surface area contributed by atoms with Gasteiger partial charge in [0.1, 0.15) is 18.2 Å². The van der Waals surface area contributed by atoms with Gasteiger partial charge >= 0.3 is 0 Å². The molecule has 2 aliphatic heterocycles. The maximum absolute atomic E-state index is 12.5. The second-order valence-electron chi connectivity index (χ2n) is 8.22. The van der Waals surface area contributed by atoms with Crippen molar-refractivity contribution >= 4 is 5.91 Å². The van der Waals surface area contributed by atoms with Gasteiger partial charge in [-0.25, -0.2) is 0 Å². The van der Waals surface area contributed by atoms with Crippen molar-refractivity contribution < 1.29 is 19.4 Å². The number of likely N-dealkylation sites (tertiary alicyclic amines) is 1. The Balaban J connectivity index is 1.89. The maximum atomic E-state index is 12.5. The van der Waals surface area contributed by atoms with E-state index in [-0.39, 0.29) is 12.0 Å². The highest BCUT2D eigenvalue weighted by Gasteiger charge is 2.56. The molecule has 4 atom stereocenters. The van der Waals surface area contributed by atoms with Crippen molar-refractivity contribution in [3.8, 4) is 0 Å². The molecule has 2 aliphatic rings. The lowest BCUT2D eigenvalue weighted by Crippen LogP contribution is -2.72. The standard InChI is InChI=1S/C20H30N2O4/c1-19(2)20(3,4)26-17-14(25-19)12-22(11-13-9-7-6-8-10-13)15(16(17)23)18(24)21-5/h6-10,14-17,23H,11-12H2,1-5H3,(H,21,24)/t14-,15+,16-,17+/m1/s1. The number of aliphatic hydroxyl groups is 1. The average Bonchev–Trinajstić information content (AvgIpc) is 2.57. The second-order valence-corrected chi connectivity index (χ2v) is 8.22. The Bertz CT molecular complexity index is 646. The van der Waals surface area contributed by atoms with Crippen molar-refractivity contribution in [3.05, 3.63) is 35.9 Å². The molecule has 3 rings (SSSR count). The van der Waals surface area contributed by atoms with Crippen LogP contribution in [0.15, 0.2) is 30.3 Å². The molecule has 0 spiro atoms. The highest BCUT2D eigenvalue weighted by atomic mass is 16.6. The van der Waals surface area contributed by atoms with Gasteiger partial charge in [0.15, 0.2) is 0 Å². The highest BCUT2D eigenvalue weighted by molar-refractivity contribution is 5.82. The second kappa shape index (κ2) is 6.93. The SMILES string of the molecule is CNC(=O)[C@@H]1[C@@H](O)[C@H]2OC(C)(C)C(C)(C)O[C@@H]2CN1Cc1ccccc1. The van der Waals surface area contributed by atoms with E-state index in [1.54, 1.807) is 7.05 Å². The summed E-state index contributed by atoms with van der Waals surface area (Å²) in [5.41, 5.74) is 0.0271. The predicted molar refractivity (Wildman–Crippen MR) is 98.6 cm³/mol. The van der Waals surface area contributed by atoms with E-state index in [9.17, 15) is 9.90 Å². The van der Waals surface area contributed by atoms with Gasteiger partial charge in [-0.3, -0.25) is 9.69 Å². The monoisotopic (exact) mass is 362 g/mol. The number of aliphatic hydroxyl groups excluding tert-OH is 1. The number of carbonyl (C=O) groups excluding carboxylic acids is 1. The van der Waals surface area contributed by atoms with Crippen LogP contribution in [0.4, 0.5) is 0 Å². The van der Waals surface area contributed by atoms with Crippen LogP contribution in [0, 0.1) is 0 Å². The number of likely N-dealkylation sites (N-methyl/N-ethyl adjacent to an activating group) is 1. The molecule has 6 heteroatoms. The average molecular weight is 362 g/mol. The van der Waals surface area contributed by atoms with Crippen molar-refractivity contribution in [1.29, 1.82) is 0 Å². The summed E-state index contributed by atoms with van der Waals surface area (Å²) < 4.78 is 12.6. The van der Waals surface area contributed by atoms with Crippen LogP contribution in [0.25, 0.3) is 0 Å². The molecule has 0 unspecified atom stereocenters. The van der Waals surface area contributed by atoms with E-state index in [1.807, 2.05) is 62.9 Å². The van der Waals surface area contributed by atoms with E-state index >= 15 is 0 Å². The minimum absolute atomic E-state index is 0.210. The van der Waals surface area contributed by atoms with Crippen molar-refractivity contribution in [2.24, 2.45) is 0 Å². The van der Waals surface area contributed by atoms with Crippen LogP contribution in [0.2, 0.25) is 0 Å². The lowest BCUT2D eigenvalue weighted by Gasteiger charge is -2.57. The van der Waals surface area contributed by atoms with Crippen LogP contribution in [0.1, 0.15) is 33.3 Å². The first-order valence-corrected chi connectivity index (χ1v) is 9.19. The summed E-state index contributed by atoms with van der Waals surface area (Å²) in [6.45, 7) is 9.01. The summed E-state index contributed by atoms with van der Waals surface area (Å²) in [5, 5.41) is 13.7. The lowest BCUT2D eigenvalue weighted by atomic mass is 9.83. The summed E-state index contributed by atoms with van der Waals surface area (Å²) in [6, 6.07) is 9.26. The molecule has 0 aliphatic carbocycles. The fourth-order valence-electron chi connectivity index (χ4n) is 3.77. The quantitative estimate of drug-likeness (QED) is 0.849. The van der Waals surface area contributed by atoms with Crippen molar-refractivity contribution in [1.82, 2.24) is 10.2 Å². The van der Waals surface area contributed by atoms with Crippen molar-refractivity contribution in [2.75, 3.05) is 13.6 Å². The summed E-state index contributed by atoms with van der Waals surface area (Å²) >= 11 is 0. The first-order chi connectivity index (χ1) is 12.2. The van der Waals surface area contributed by atoms with Crippen LogP contribution in [0.3, 0.4) is 0 Å². The fourth-order valence-corrected chi connectivity index (χ4v) is 3.77. The molecule has 2 fully saturated rings. The minimum Gasteiger partial charge on any atom is -0.388 e. The first-order valence-electron chi connectivity index (χ1n) is 9.19. The normalized spacial score (nSPS) is 33.3. The molecule has 1 amide bonds. The molecule has 0 radical (unpaired) electrons. The van der Waals surface area contributed by atoms with Gasteiger partial charge < -0.3 is 19.9 Å². The number of fused-ring (bicyclic) bond motifs is 1. The van der Waals surface area contributed by atoms with Crippen molar-refractivity contribution in [2.45, 2.75) is 69.8 Å². The smallest absolute Gasteiger partial charge is 0.239 e. The third kappa shape index (κ3) is 3.39. The van der Waals surface area contributed by atoms with Crippen LogP contribution >= 0.6 is 0 Å². The van der Waals surface area contributed by atoms with E-state index in [1.165, 1.54) is 0 Å². The number of ether oxygens (including phenoxy) is 2. The molecule has 0 bridgehead atoms. The molecule has 0 saturated carbocycles. The summed E-state index contributed by atoms with van der Waals surface area (Å²) in [5.74, 6) is -0.210. The Morgan fingerprint density at radius 3 is 2.42 bits per heavy atom. The van der Waals surface area contributed by atoms with Gasteiger partial charge in [0.05, 0.1) is 17.3 Å². The zero-order chi connectivity index (χ0) is 19.1. The topological polar surface area (TPSA) is 71.0 Å². The summed E-state index contributed by atoms with van der Waals surface area (Å²) in [7, 11) is 1.59. The van der Waals surface area contributed by atoms with E-state index in [0.29, 0.717) is 13.1 Å². The Hall–Kier alpha value is -1.47. The number of piperidine rings is 1. The first kappa shape index (κ1) is 19.3. The molecule has 26 heavy (non-hydrogen) atoms. The number of nitrogens with one attached hydrogen (secondary N) is 1. The van der Waals surface area contributed by atoms with Gasteiger partial charge in [0, 0.05) is 20.1 Å². The largest absolute Gasteiger partial charge is 0.388 e. The highest BCUT2D eigenvalue weighted by Crippen LogP contribution is 2.41. The molecule has 2 heterocycles. The Morgan fingerprint density at radius 2 is 1.81 bits per heavy atom. The van der Waals surface area contributed by atoms with E-state index in [0.717, 1.165) is 5.56 Å². The number of amides is 1. The number of rotatable bonds is 3. The zero-order valence-corrected chi connectivity index (χ0v) is 16.2. The Labute approximate surface area is 155 Å². The van der Waals surface area contributed by atoms with Gasteiger partial charge in [-0.05, 0) is 33.3 Å². The van der Waals surface area contributed by atoms with Gasteiger partial charge in [0.2, 0.25) is 5.91 Å². The summed E-state index contributed by atoms with van der Waals surface area (Å²) in [6.07, 6.45) is -1.79. The Kier molecular flexibility index (Phi) is 5.14. The van der Waals surface area contributed by atoms with Gasteiger partial charge in [-0.1, -0.05) is 30.3 Å². The van der Waals surface area contributed by atoms with Crippen LogP contribution < -0.4 is 5.32 Å². The van der Waals surface area contributed by atoms with E-state index in [2.05, 4.69) is 5.32 Å². The third-order valence-electron chi connectivity index (χ3n) is 5.90. The van der Waals surface area contributed by atoms with Crippen LogP contribution in [-0.2, 0) is 20.8 Å². The molecule has 6 nitrogen and oxygen atoms in total. The number of benzene rings is 1. The molecule has 0 aromatic heterocycles. The van der Waals surface area contributed by atoms with Gasteiger partial charge in [0.25, 0.3) is 0 Å². The molecule has 1 aromatic carbocycles. The molecule has 2 saturated heterocycles. The lowest BCUT2D eigenvalue weighted by molar-refractivity contribution is -0.326. The fraction of sp³-hybridized carbons (Fsp3) is 0.650. The number of hydrogen-bond donors (Lipinski definition) is 2. The number of hydrogen-bond acceptors (Lipinski definition) is 5. The predicted octanol–water partition coefficient (Wildman–Crippen LogP) is 1.32. The van der Waals surface area contributed by atoms with Crippen LogP contribution in [0.5, 0.6) is 0 Å². The minimum atomic E-state index is -0.965. The number of nitrogens with zero attached hydrogens (tertiary/aromatic N) is 1. The Morgan fingerprint density at radius 1 is 1.19 bits per heavy atom. The molecular formula is C20H30N2O4. The van der Waals surface area contributed by atoms with Crippen molar-refractivity contribution in [3.63, 3.8) is 0 Å². The van der Waals surface area contributed by atoms with Crippen LogP contribution in [-0.4, -0.2) is 65.1 Å². The third-order valence-corrected chi connectivity index (χ3v) is 5.90. The number of carbonyl (C=O) groups is 1. The van der Waals surface area contributed by atoms with E-state index < -0.39 is 29.5 Å². The van der Waals surface area contributed by atoms with Gasteiger partial charge in [-0.2, -0.15) is 0 Å².